The second-order valence-corrected chi connectivity index (χ2v) is 4.13. The van der Waals surface area contributed by atoms with E-state index < -0.39 is 5.97 Å². The number of hydrogen-bond donors (Lipinski definition) is 0. The first-order chi connectivity index (χ1) is 8.61. The topological polar surface area (TPSA) is 48.3 Å². The number of nitrogens with zero attached hydrogens (tertiary/aromatic N) is 1. The predicted molar refractivity (Wildman–Crippen MR) is 69.0 cm³/mol. The number of benzene rings is 1. The standard InChI is InChI=1S/C14H15NO3/c1-4-18-14(17)13-11(8-16)10-7-5-6-9(2)12(10)15(13)3/h5-8H,4H2,1-3H3. The quantitative estimate of drug-likeness (QED) is 0.616. The molecule has 1 heterocycles. The molecule has 1 aromatic heterocycles. The molecule has 0 radical (unpaired) electrons. The summed E-state index contributed by atoms with van der Waals surface area (Å²) >= 11 is 0. The molecule has 0 bridgehead atoms. The van der Waals surface area contributed by atoms with Crippen LogP contribution in [0.4, 0.5) is 0 Å². The van der Waals surface area contributed by atoms with Crippen LogP contribution in [0.25, 0.3) is 10.9 Å². The van der Waals surface area contributed by atoms with Crippen LogP contribution in [0.2, 0.25) is 0 Å². The zero-order valence-corrected chi connectivity index (χ0v) is 10.7. The lowest BCUT2D eigenvalue weighted by atomic mass is 10.1. The van der Waals surface area contributed by atoms with Crippen molar-refractivity contribution in [1.82, 2.24) is 4.57 Å². The summed E-state index contributed by atoms with van der Waals surface area (Å²) in [6.45, 7) is 3.98. The monoisotopic (exact) mass is 245 g/mol. The third kappa shape index (κ3) is 1.70. The van der Waals surface area contributed by atoms with E-state index in [0.29, 0.717) is 17.5 Å². The second kappa shape index (κ2) is 4.64. The molecule has 0 atom stereocenters. The van der Waals surface area contributed by atoms with E-state index in [0.717, 1.165) is 16.5 Å². The van der Waals surface area contributed by atoms with E-state index in [2.05, 4.69) is 0 Å². The van der Waals surface area contributed by atoms with Gasteiger partial charge in [-0.05, 0) is 19.4 Å². The molecule has 0 N–H and O–H groups in total. The van der Waals surface area contributed by atoms with Crippen molar-refractivity contribution in [3.05, 3.63) is 35.0 Å². The van der Waals surface area contributed by atoms with E-state index in [-0.39, 0.29) is 6.61 Å². The SMILES string of the molecule is CCOC(=O)c1c(C=O)c2cccc(C)c2n1C. The third-order valence-corrected chi connectivity index (χ3v) is 3.04. The number of fused-ring (bicyclic) bond motifs is 1. The summed E-state index contributed by atoms with van der Waals surface area (Å²) < 4.78 is 6.73. The molecule has 0 fully saturated rings. The molecule has 0 amide bonds. The number of ether oxygens (including phenoxy) is 1. The number of esters is 1. The lowest BCUT2D eigenvalue weighted by molar-refractivity contribution is 0.0513. The first-order valence-electron chi connectivity index (χ1n) is 5.82. The summed E-state index contributed by atoms with van der Waals surface area (Å²) in [6, 6.07) is 5.67. The maximum Gasteiger partial charge on any atom is 0.355 e. The minimum Gasteiger partial charge on any atom is -0.461 e. The van der Waals surface area contributed by atoms with Gasteiger partial charge in [-0.3, -0.25) is 4.79 Å². The summed E-state index contributed by atoms with van der Waals surface area (Å²) in [6.07, 6.45) is 0.716. The minimum absolute atomic E-state index is 0.289. The summed E-state index contributed by atoms with van der Waals surface area (Å²) in [4.78, 5) is 23.2. The Hall–Kier alpha value is -2.10. The summed E-state index contributed by atoms with van der Waals surface area (Å²) in [7, 11) is 1.77. The van der Waals surface area contributed by atoms with Crippen LogP contribution >= 0.6 is 0 Å². The summed E-state index contributed by atoms with van der Waals surface area (Å²) in [5.41, 5.74) is 2.63. The van der Waals surface area contributed by atoms with Gasteiger partial charge < -0.3 is 9.30 Å². The highest BCUT2D eigenvalue weighted by atomic mass is 16.5. The second-order valence-electron chi connectivity index (χ2n) is 4.13. The van der Waals surface area contributed by atoms with Crippen molar-refractivity contribution in [3.8, 4) is 0 Å². The van der Waals surface area contributed by atoms with Gasteiger partial charge in [-0.15, -0.1) is 0 Å². The molecular formula is C14H15NO3. The van der Waals surface area contributed by atoms with E-state index >= 15 is 0 Å². The molecule has 4 nitrogen and oxygen atoms in total. The van der Waals surface area contributed by atoms with E-state index in [9.17, 15) is 9.59 Å². The average molecular weight is 245 g/mol. The highest BCUT2D eigenvalue weighted by Gasteiger charge is 2.22. The van der Waals surface area contributed by atoms with Gasteiger partial charge in [0.05, 0.1) is 17.7 Å². The van der Waals surface area contributed by atoms with Gasteiger partial charge in [-0.25, -0.2) is 4.79 Å². The maximum atomic E-state index is 11.9. The Balaban J connectivity index is 2.81. The van der Waals surface area contributed by atoms with Gasteiger partial charge in [0.1, 0.15) is 5.69 Å². The molecule has 0 saturated carbocycles. The number of carbonyl (C=O) groups is 2. The van der Waals surface area contributed by atoms with E-state index in [1.54, 1.807) is 18.5 Å². The van der Waals surface area contributed by atoms with Gasteiger partial charge in [-0.2, -0.15) is 0 Å². The van der Waals surface area contributed by atoms with Gasteiger partial charge in [0.15, 0.2) is 6.29 Å². The fraction of sp³-hybridized carbons (Fsp3) is 0.286. The van der Waals surface area contributed by atoms with E-state index in [4.69, 9.17) is 4.74 Å². The van der Waals surface area contributed by atoms with Gasteiger partial charge in [-0.1, -0.05) is 18.2 Å². The van der Waals surface area contributed by atoms with Crippen LogP contribution in [0.1, 0.15) is 33.3 Å². The fourth-order valence-electron chi connectivity index (χ4n) is 2.31. The number of para-hydroxylation sites is 1. The van der Waals surface area contributed by atoms with Crippen molar-refractivity contribution < 1.29 is 14.3 Å². The molecule has 18 heavy (non-hydrogen) atoms. The van der Waals surface area contributed by atoms with Crippen molar-refractivity contribution >= 4 is 23.2 Å². The molecule has 1 aromatic carbocycles. The van der Waals surface area contributed by atoms with Crippen molar-refractivity contribution in [3.63, 3.8) is 0 Å². The van der Waals surface area contributed by atoms with Crippen molar-refractivity contribution in [1.29, 1.82) is 0 Å². The van der Waals surface area contributed by atoms with Gasteiger partial charge in [0.2, 0.25) is 0 Å². The lowest BCUT2D eigenvalue weighted by Crippen LogP contribution is -2.12. The normalized spacial score (nSPS) is 10.6. The van der Waals surface area contributed by atoms with Gasteiger partial charge >= 0.3 is 5.97 Å². The number of rotatable bonds is 3. The molecule has 4 heteroatoms. The zero-order chi connectivity index (χ0) is 13.3. The first kappa shape index (κ1) is 12.4. The Morgan fingerprint density at radius 2 is 2.17 bits per heavy atom. The number of aldehydes is 1. The van der Waals surface area contributed by atoms with Crippen molar-refractivity contribution in [2.75, 3.05) is 6.61 Å². The Kier molecular flexibility index (Phi) is 3.19. The van der Waals surface area contributed by atoms with Gasteiger partial charge in [0.25, 0.3) is 0 Å². The third-order valence-electron chi connectivity index (χ3n) is 3.04. The predicted octanol–water partition coefficient (Wildman–Crippen LogP) is 2.48. The zero-order valence-electron chi connectivity index (χ0n) is 10.7. The molecule has 2 aromatic rings. The van der Waals surface area contributed by atoms with Gasteiger partial charge in [0, 0.05) is 12.4 Å². The Morgan fingerprint density at radius 1 is 1.44 bits per heavy atom. The molecule has 0 saturated heterocycles. The van der Waals surface area contributed by atoms with Crippen LogP contribution < -0.4 is 0 Å². The van der Waals surface area contributed by atoms with Crippen LogP contribution in [-0.4, -0.2) is 23.4 Å². The molecule has 94 valence electrons. The molecule has 2 rings (SSSR count). The number of carbonyl (C=O) groups excluding carboxylic acids is 2. The van der Waals surface area contributed by atoms with E-state index in [1.807, 2.05) is 25.1 Å². The molecule has 0 aliphatic rings. The lowest BCUT2D eigenvalue weighted by Gasteiger charge is -2.05. The average Bonchev–Trinajstić information content (AvgIpc) is 2.63. The largest absolute Gasteiger partial charge is 0.461 e. The molecular weight excluding hydrogens is 230 g/mol. The number of hydrogen-bond acceptors (Lipinski definition) is 3. The highest BCUT2D eigenvalue weighted by molar-refractivity contribution is 6.09. The van der Waals surface area contributed by atoms with Crippen molar-refractivity contribution in [2.24, 2.45) is 7.05 Å². The van der Waals surface area contributed by atoms with E-state index in [1.165, 1.54) is 0 Å². The molecule has 0 unspecified atom stereocenters. The first-order valence-corrected chi connectivity index (χ1v) is 5.82. The molecule has 0 aliphatic heterocycles. The van der Waals surface area contributed by atoms with Crippen LogP contribution in [0.3, 0.4) is 0 Å². The number of aromatic nitrogens is 1. The fourth-order valence-corrected chi connectivity index (χ4v) is 2.31. The van der Waals surface area contributed by atoms with Crippen LogP contribution in [0, 0.1) is 6.92 Å². The summed E-state index contributed by atoms with van der Waals surface area (Å²) in [5.74, 6) is -0.460. The summed E-state index contributed by atoms with van der Waals surface area (Å²) in [5, 5.41) is 0.788. The molecule has 0 aliphatic carbocycles. The molecule has 0 spiro atoms. The Labute approximate surface area is 105 Å². The highest BCUT2D eigenvalue weighted by Crippen LogP contribution is 2.27. The van der Waals surface area contributed by atoms with Crippen LogP contribution in [0.5, 0.6) is 0 Å². The Bertz CT molecular complexity index is 625. The van der Waals surface area contributed by atoms with Crippen molar-refractivity contribution in [2.45, 2.75) is 13.8 Å². The minimum atomic E-state index is -0.460. The Morgan fingerprint density at radius 3 is 2.78 bits per heavy atom. The maximum absolute atomic E-state index is 11.9. The van der Waals surface area contributed by atoms with Crippen LogP contribution in [-0.2, 0) is 11.8 Å². The smallest absolute Gasteiger partial charge is 0.355 e. The number of aryl methyl sites for hydroxylation is 2. The van der Waals surface area contributed by atoms with Crippen LogP contribution in [0.15, 0.2) is 18.2 Å².